The van der Waals surface area contributed by atoms with E-state index in [0.717, 1.165) is 25.7 Å². The van der Waals surface area contributed by atoms with Crippen LogP contribution in [0.1, 0.15) is 45.4 Å². The molecule has 0 aliphatic heterocycles. The van der Waals surface area contributed by atoms with Crippen LogP contribution < -0.4 is 0 Å². The van der Waals surface area contributed by atoms with Crippen molar-refractivity contribution in [1.29, 1.82) is 0 Å². The average Bonchev–Trinajstić information content (AvgIpc) is 2.02. The lowest BCUT2D eigenvalue weighted by Crippen LogP contribution is -2.06. The molecule has 4 nitrogen and oxygen atoms in total. The zero-order valence-corrected chi connectivity index (χ0v) is 8.91. The highest BCUT2D eigenvalue weighted by Gasteiger charge is 2.24. The lowest BCUT2D eigenvalue weighted by Gasteiger charge is -2.11. The fourth-order valence-corrected chi connectivity index (χ4v) is 1.62. The van der Waals surface area contributed by atoms with E-state index in [-0.39, 0.29) is 6.42 Å². The van der Waals surface area contributed by atoms with Crippen LogP contribution in [0.2, 0.25) is 0 Å². The van der Waals surface area contributed by atoms with E-state index in [2.05, 4.69) is 6.92 Å². The molecule has 0 saturated heterocycles. The van der Waals surface area contributed by atoms with Gasteiger partial charge in [-0.15, -0.1) is 0 Å². The van der Waals surface area contributed by atoms with Crippen LogP contribution in [-0.4, -0.2) is 20.7 Å². The lowest BCUT2D eigenvalue weighted by atomic mass is 10.1. The van der Waals surface area contributed by atoms with Gasteiger partial charge in [-0.05, 0) is 6.42 Å². The quantitative estimate of drug-likeness (QED) is 0.442. The second-order valence-electron chi connectivity index (χ2n) is 3.27. The van der Waals surface area contributed by atoms with E-state index >= 15 is 0 Å². The summed E-state index contributed by atoms with van der Waals surface area (Å²) >= 11 is 0. The molecule has 3 N–H and O–H groups in total. The van der Waals surface area contributed by atoms with Gasteiger partial charge in [-0.1, -0.05) is 39.0 Å². The van der Waals surface area contributed by atoms with Gasteiger partial charge in [0.1, 0.15) is 0 Å². The maximum absolute atomic E-state index is 10.5. The molecular weight excluding hydrogens is 191 g/mol. The first-order chi connectivity index (χ1) is 5.98. The third kappa shape index (κ3) is 7.20. The Labute approximate surface area is 79.1 Å². The summed E-state index contributed by atoms with van der Waals surface area (Å²) in [4.78, 5) is 17.1. The molecule has 0 radical (unpaired) electrons. The Bertz CT molecular complexity index is 166. The lowest BCUT2D eigenvalue weighted by molar-refractivity contribution is 0.190. The molecule has 13 heavy (non-hydrogen) atoms. The number of rotatable bonds is 7. The smallest absolute Gasteiger partial charge is 0.353 e. The van der Waals surface area contributed by atoms with Crippen molar-refractivity contribution >= 4 is 7.60 Å². The highest BCUT2D eigenvalue weighted by Crippen LogP contribution is 2.41. The van der Waals surface area contributed by atoms with Gasteiger partial charge in [0, 0.05) is 0 Å². The molecular formula is C8H19O4P. The van der Waals surface area contributed by atoms with Crippen molar-refractivity contribution in [2.24, 2.45) is 0 Å². The molecule has 1 atom stereocenters. The highest BCUT2D eigenvalue weighted by molar-refractivity contribution is 7.52. The van der Waals surface area contributed by atoms with Gasteiger partial charge in [-0.25, -0.2) is 0 Å². The largest absolute Gasteiger partial charge is 0.380 e. The second kappa shape index (κ2) is 6.55. The Morgan fingerprint density at radius 1 is 1.15 bits per heavy atom. The summed E-state index contributed by atoms with van der Waals surface area (Å²) in [6, 6.07) is 0. The van der Waals surface area contributed by atoms with E-state index < -0.39 is 13.4 Å². The molecule has 0 saturated carbocycles. The number of hydrogen-bond donors (Lipinski definition) is 3. The third-order valence-corrected chi connectivity index (χ3v) is 2.99. The van der Waals surface area contributed by atoms with Crippen LogP contribution in [0.15, 0.2) is 0 Å². The zero-order valence-electron chi connectivity index (χ0n) is 8.02. The number of unbranched alkanes of at least 4 members (excludes halogenated alkanes) is 4. The van der Waals surface area contributed by atoms with Crippen LogP contribution in [-0.2, 0) is 4.57 Å². The van der Waals surface area contributed by atoms with Crippen LogP contribution in [0.4, 0.5) is 0 Å². The summed E-state index contributed by atoms with van der Waals surface area (Å²) in [6.07, 6.45) is 5.18. The molecule has 0 aromatic carbocycles. The first kappa shape index (κ1) is 13.1. The molecule has 0 aliphatic carbocycles. The van der Waals surface area contributed by atoms with Gasteiger partial charge in [0.25, 0.3) is 0 Å². The topological polar surface area (TPSA) is 77.8 Å². The number of aliphatic hydroxyl groups excluding tert-OH is 1. The molecule has 0 fully saturated rings. The highest BCUT2D eigenvalue weighted by atomic mass is 31.2. The summed E-state index contributed by atoms with van der Waals surface area (Å²) in [5, 5.41) is 8.98. The first-order valence-electron chi connectivity index (χ1n) is 4.71. The van der Waals surface area contributed by atoms with Crippen LogP contribution in [0, 0.1) is 0 Å². The van der Waals surface area contributed by atoms with Gasteiger partial charge in [0.2, 0.25) is 0 Å². The van der Waals surface area contributed by atoms with Crippen molar-refractivity contribution in [1.82, 2.24) is 0 Å². The standard InChI is InChI=1S/C8H19O4P/c1-2-3-4-5-6-7-8(9)13(10,11)12/h8-9H,2-7H2,1H3,(H2,10,11,12). The maximum atomic E-state index is 10.5. The Balaban J connectivity index is 3.38. The molecule has 0 amide bonds. The van der Waals surface area contributed by atoms with E-state index in [9.17, 15) is 4.57 Å². The van der Waals surface area contributed by atoms with Crippen LogP contribution >= 0.6 is 7.60 Å². The summed E-state index contributed by atoms with van der Waals surface area (Å²) in [6.45, 7) is 2.10. The van der Waals surface area contributed by atoms with Crippen molar-refractivity contribution in [2.75, 3.05) is 0 Å². The molecule has 0 rings (SSSR count). The van der Waals surface area contributed by atoms with E-state index in [1.54, 1.807) is 0 Å². The third-order valence-electron chi connectivity index (χ3n) is 1.95. The maximum Gasteiger partial charge on any atom is 0.353 e. The molecule has 1 unspecified atom stereocenters. The monoisotopic (exact) mass is 210 g/mol. The van der Waals surface area contributed by atoms with Gasteiger partial charge < -0.3 is 14.9 Å². The van der Waals surface area contributed by atoms with Crippen molar-refractivity contribution in [2.45, 2.75) is 51.3 Å². The minimum absolute atomic E-state index is 0.202. The normalized spacial score (nSPS) is 14.5. The van der Waals surface area contributed by atoms with Gasteiger partial charge in [0.15, 0.2) is 5.85 Å². The summed E-state index contributed by atoms with van der Waals surface area (Å²) in [7, 11) is -4.26. The van der Waals surface area contributed by atoms with Crippen molar-refractivity contribution < 1.29 is 19.5 Å². The molecule has 0 spiro atoms. The van der Waals surface area contributed by atoms with Gasteiger partial charge in [-0.3, -0.25) is 4.57 Å². The molecule has 0 aliphatic rings. The van der Waals surface area contributed by atoms with Gasteiger partial charge in [-0.2, -0.15) is 0 Å². The Morgan fingerprint density at radius 3 is 2.15 bits per heavy atom. The summed E-state index contributed by atoms with van der Waals surface area (Å²) in [5.74, 6) is -1.46. The van der Waals surface area contributed by atoms with Gasteiger partial charge in [0.05, 0.1) is 0 Å². The Kier molecular flexibility index (Phi) is 6.60. The summed E-state index contributed by atoms with van der Waals surface area (Å²) < 4.78 is 10.5. The number of hydrogen-bond acceptors (Lipinski definition) is 2. The van der Waals surface area contributed by atoms with E-state index in [1.807, 2.05) is 0 Å². The van der Waals surface area contributed by atoms with Crippen LogP contribution in [0.5, 0.6) is 0 Å². The van der Waals surface area contributed by atoms with E-state index in [4.69, 9.17) is 14.9 Å². The fraction of sp³-hybridized carbons (Fsp3) is 1.00. The average molecular weight is 210 g/mol. The van der Waals surface area contributed by atoms with Crippen LogP contribution in [0.3, 0.4) is 0 Å². The minimum atomic E-state index is -4.26. The van der Waals surface area contributed by atoms with E-state index in [0.29, 0.717) is 6.42 Å². The predicted octanol–water partition coefficient (Wildman–Crippen LogP) is 1.84. The molecule has 5 heteroatoms. The second-order valence-corrected chi connectivity index (χ2v) is 5.05. The SMILES string of the molecule is CCCCCCCC(O)P(=O)(O)O. The van der Waals surface area contributed by atoms with E-state index in [1.165, 1.54) is 0 Å². The molecule has 0 aromatic heterocycles. The van der Waals surface area contributed by atoms with Crippen LogP contribution in [0.25, 0.3) is 0 Å². The minimum Gasteiger partial charge on any atom is -0.380 e. The number of aliphatic hydroxyl groups is 1. The Hall–Kier alpha value is 0.110. The van der Waals surface area contributed by atoms with Crippen molar-refractivity contribution in [3.05, 3.63) is 0 Å². The predicted molar refractivity (Wildman–Crippen MR) is 51.4 cm³/mol. The summed E-state index contributed by atoms with van der Waals surface area (Å²) in [5.41, 5.74) is 0. The molecule has 0 heterocycles. The molecule has 80 valence electrons. The van der Waals surface area contributed by atoms with Crippen molar-refractivity contribution in [3.63, 3.8) is 0 Å². The van der Waals surface area contributed by atoms with Crippen molar-refractivity contribution in [3.8, 4) is 0 Å². The fourth-order valence-electron chi connectivity index (χ4n) is 1.10. The molecule has 0 bridgehead atoms. The Morgan fingerprint density at radius 2 is 1.69 bits per heavy atom. The first-order valence-corrected chi connectivity index (χ1v) is 6.40. The zero-order chi connectivity index (χ0) is 10.3. The van der Waals surface area contributed by atoms with Gasteiger partial charge >= 0.3 is 7.60 Å². The molecule has 0 aromatic rings.